The molecule has 8 nitrogen and oxygen atoms in total. The second-order valence-electron chi connectivity index (χ2n) is 7.89. The predicted octanol–water partition coefficient (Wildman–Crippen LogP) is 4.45. The molecular weight excluding hydrogens is 467 g/mol. The van der Waals surface area contributed by atoms with Crippen LogP contribution in [0.15, 0.2) is 48.7 Å². The van der Waals surface area contributed by atoms with Crippen molar-refractivity contribution in [2.24, 2.45) is 5.92 Å². The summed E-state index contributed by atoms with van der Waals surface area (Å²) >= 11 is 0. The maximum atomic E-state index is 12.7. The normalized spacial score (nSPS) is 15.2. The van der Waals surface area contributed by atoms with Gasteiger partial charge >= 0.3 is 12.3 Å². The first-order valence-corrected chi connectivity index (χ1v) is 10.7. The Balaban J connectivity index is 1.45. The van der Waals surface area contributed by atoms with E-state index in [1.807, 2.05) is 10.8 Å². The number of nitrogens with one attached hydrogen (secondary N) is 1. The molecule has 184 valence electrons. The number of fused-ring (bicyclic) bond motifs is 1. The molecule has 4 rings (SSSR count). The molecule has 1 aromatic heterocycles. The summed E-state index contributed by atoms with van der Waals surface area (Å²) in [6.45, 7) is 0.512. The number of benzene rings is 2. The van der Waals surface area contributed by atoms with Crippen molar-refractivity contribution in [3.63, 3.8) is 0 Å². The maximum Gasteiger partial charge on any atom is 0.573 e. The third-order valence-electron chi connectivity index (χ3n) is 5.62. The molecule has 0 radical (unpaired) electrons. The lowest BCUT2D eigenvalue weighted by Gasteiger charge is -2.21. The first-order valence-electron chi connectivity index (χ1n) is 10.7. The van der Waals surface area contributed by atoms with Gasteiger partial charge in [0.15, 0.2) is 0 Å². The standard InChI is InChI=1S/C24H22F3N3O5/c1-33-20-11-17(35-24(25,26)27)8-9-18(20)22(31)28-16-6-3-14(4-7-16)19-13-30-12-15(23(32)34-2)5-10-21(30)29-19/h3-4,6-9,11,13,15H,5,10,12H2,1-2H3,(H,28,31). The Morgan fingerprint density at radius 2 is 1.86 bits per heavy atom. The van der Waals surface area contributed by atoms with Crippen molar-refractivity contribution in [2.45, 2.75) is 25.7 Å². The lowest BCUT2D eigenvalue weighted by Crippen LogP contribution is -2.27. The molecule has 3 aromatic rings. The minimum absolute atomic E-state index is 0.0491. The second-order valence-corrected chi connectivity index (χ2v) is 7.89. The zero-order chi connectivity index (χ0) is 25.2. The Kier molecular flexibility index (Phi) is 6.68. The Hall–Kier alpha value is -4.02. The fourth-order valence-electron chi connectivity index (χ4n) is 3.92. The van der Waals surface area contributed by atoms with Crippen molar-refractivity contribution in [2.75, 3.05) is 19.5 Å². The van der Waals surface area contributed by atoms with Gasteiger partial charge in [-0.1, -0.05) is 12.1 Å². The molecule has 35 heavy (non-hydrogen) atoms. The van der Waals surface area contributed by atoms with Gasteiger partial charge in [0.2, 0.25) is 0 Å². The number of carbonyl (C=O) groups is 2. The van der Waals surface area contributed by atoms with Crippen LogP contribution in [0.3, 0.4) is 0 Å². The molecule has 0 saturated carbocycles. The highest BCUT2D eigenvalue weighted by molar-refractivity contribution is 6.06. The molecule has 1 N–H and O–H groups in total. The zero-order valence-electron chi connectivity index (χ0n) is 18.9. The molecule has 1 aliphatic rings. The molecule has 11 heteroatoms. The molecule has 0 spiro atoms. The molecule has 2 aromatic carbocycles. The van der Waals surface area contributed by atoms with E-state index in [-0.39, 0.29) is 23.2 Å². The van der Waals surface area contributed by atoms with E-state index < -0.39 is 18.0 Å². The Morgan fingerprint density at radius 3 is 2.51 bits per heavy atom. The number of halogens is 3. The van der Waals surface area contributed by atoms with Crippen LogP contribution in [0.2, 0.25) is 0 Å². The topological polar surface area (TPSA) is 91.7 Å². The summed E-state index contributed by atoms with van der Waals surface area (Å²) < 4.78 is 53.0. The SMILES string of the molecule is COC(=O)C1CCc2nc(-c3ccc(NC(=O)c4ccc(OC(F)(F)F)cc4OC)cc3)cn2C1. The van der Waals surface area contributed by atoms with E-state index in [1.54, 1.807) is 24.3 Å². The molecule has 1 unspecified atom stereocenters. The molecule has 0 fully saturated rings. The van der Waals surface area contributed by atoms with Gasteiger partial charge in [-0.2, -0.15) is 0 Å². The first-order chi connectivity index (χ1) is 16.7. The summed E-state index contributed by atoms with van der Waals surface area (Å²) in [5.74, 6) is -0.643. The van der Waals surface area contributed by atoms with Gasteiger partial charge in [0.05, 0.1) is 31.4 Å². The van der Waals surface area contributed by atoms with Crippen LogP contribution in [-0.4, -0.2) is 42.0 Å². The first kappa shape index (κ1) is 24.1. The third-order valence-corrected chi connectivity index (χ3v) is 5.62. The van der Waals surface area contributed by atoms with Crippen molar-refractivity contribution in [1.29, 1.82) is 0 Å². The number of hydrogen-bond donors (Lipinski definition) is 1. The monoisotopic (exact) mass is 489 g/mol. The fraction of sp³-hybridized carbons (Fsp3) is 0.292. The van der Waals surface area contributed by atoms with Crippen LogP contribution >= 0.6 is 0 Å². The van der Waals surface area contributed by atoms with E-state index in [0.717, 1.165) is 29.2 Å². The number of carbonyl (C=O) groups excluding carboxylic acids is 2. The molecule has 1 amide bonds. The van der Waals surface area contributed by atoms with E-state index >= 15 is 0 Å². The van der Waals surface area contributed by atoms with Crippen LogP contribution in [0.25, 0.3) is 11.3 Å². The average molecular weight is 489 g/mol. The molecule has 1 atom stereocenters. The maximum absolute atomic E-state index is 12.7. The number of aryl methyl sites for hydroxylation is 1. The van der Waals surface area contributed by atoms with Crippen LogP contribution in [0, 0.1) is 5.92 Å². The number of hydrogen-bond acceptors (Lipinski definition) is 6. The molecule has 2 heterocycles. The highest BCUT2D eigenvalue weighted by atomic mass is 19.4. The van der Waals surface area contributed by atoms with Crippen LogP contribution in [-0.2, 0) is 22.5 Å². The molecule has 0 aliphatic carbocycles. The summed E-state index contributed by atoms with van der Waals surface area (Å²) in [6, 6.07) is 10.2. The number of amides is 1. The number of alkyl halides is 3. The largest absolute Gasteiger partial charge is 0.573 e. The summed E-state index contributed by atoms with van der Waals surface area (Å²) in [4.78, 5) is 29.2. The number of imidazole rings is 1. The van der Waals surface area contributed by atoms with Crippen LogP contribution in [0.1, 0.15) is 22.6 Å². The van der Waals surface area contributed by atoms with E-state index in [2.05, 4.69) is 15.0 Å². The second kappa shape index (κ2) is 9.69. The summed E-state index contributed by atoms with van der Waals surface area (Å²) in [6.07, 6.45) is -1.62. The van der Waals surface area contributed by atoms with Gasteiger partial charge in [-0.15, -0.1) is 13.2 Å². The smallest absolute Gasteiger partial charge is 0.496 e. The van der Waals surface area contributed by atoms with Gasteiger partial charge in [-0.3, -0.25) is 9.59 Å². The number of rotatable bonds is 6. The van der Waals surface area contributed by atoms with Crippen molar-refractivity contribution in [3.8, 4) is 22.8 Å². The number of aromatic nitrogens is 2. The lowest BCUT2D eigenvalue weighted by molar-refractivity contribution is -0.274. The van der Waals surface area contributed by atoms with Gasteiger partial charge in [-0.05, 0) is 30.7 Å². The van der Waals surface area contributed by atoms with Gasteiger partial charge < -0.3 is 24.1 Å². The number of esters is 1. The van der Waals surface area contributed by atoms with Gasteiger partial charge in [0, 0.05) is 36.5 Å². The molecule has 0 saturated heterocycles. The highest BCUT2D eigenvalue weighted by Crippen LogP contribution is 2.30. The van der Waals surface area contributed by atoms with Crippen molar-refractivity contribution in [3.05, 3.63) is 60.0 Å². The van der Waals surface area contributed by atoms with Crippen LogP contribution < -0.4 is 14.8 Å². The molecular formula is C24H22F3N3O5. The molecule has 0 bridgehead atoms. The van der Waals surface area contributed by atoms with Gasteiger partial charge in [0.1, 0.15) is 17.3 Å². The van der Waals surface area contributed by atoms with Crippen molar-refractivity contribution >= 4 is 17.6 Å². The minimum Gasteiger partial charge on any atom is -0.496 e. The summed E-state index contributed by atoms with van der Waals surface area (Å²) in [7, 11) is 2.63. The van der Waals surface area contributed by atoms with Crippen molar-refractivity contribution in [1.82, 2.24) is 9.55 Å². The van der Waals surface area contributed by atoms with E-state index in [4.69, 9.17) is 9.47 Å². The number of ether oxygens (including phenoxy) is 3. The molecule has 1 aliphatic heterocycles. The van der Waals surface area contributed by atoms with Crippen molar-refractivity contribution < 1.29 is 37.0 Å². The minimum atomic E-state index is -4.85. The third kappa shape index (κ3) is 5.56. The van der Waals surface area contributed by atoms with E-state index in [0.29, 0.717) is 25.1 Å². The summed E-state index contributed by atoms with van der Waals surface area (Å²) in [5, 5.41) is 2.69. The van der Waals surface area contributed by atoms with E-state index in [1.165, 1.54) is 20.3 Å². The van der Waals surface area contributed by atoms with Crippen LogP contribution in [0.4, 0.5) is 18.9 Å². The lowest BCUT2D eigenvalue weighted by atomic mass is 10.00. The number of anilines is 1. The predicted molar refractivity (Wildman–Crippen MR) is 119 cm³/mol. The zero-order valence-corrected chi connectivity index (χ0v) is 18.9. The summed E-state index contributed by atoms with van der Waals surface area (Å²) in [5.41, 5.74) is 2.09. The Labute approximate surface area is 198 Å². The Morgan fingerprint density at radius 1 is 1.11 bits per heavy atom. The number of methoxy groups -OCH3 is 2. The van der Waals surface area contributed by atoms with Gasteiger partial charge in [0.25, 0.3) is 5.91 Å². The van der Waals surface area contributed by atoms with Gasteiger partial charge in [-0.25, -0.2) is 4.98 Å². The Bertz CT molecular complexity index is 1240. The highest BCUT2D eigenvalue weighted by Gasteiger charge is 2.31. The number of nitrogens with zero attached hydrogens (tertiary/aromatic N) is 2. The average Bonchev–Trinajstić information content (AvgIpc) is 3.26. The quantitative estimate of drug-likeness (QED) is 0.515. The van der Waals surface area contributed by atoms with Crippen LogP contribution in [0.5, 0.6) is 11.5 Å². The van der Waals surface area contributed by atoms with E-state index in [9.17, 15) is 22.8 Å². The fourth-order valence-corrected chi connectivity index (χ4v) is 3.92.